The van der Waals surface area contributed by atoms with E-state index >= 15 is 0 Å². The van der Waals surface area contributed by atoms with Crippen molar-refractivity contribution in [3.05, 3.63) is 66.4 Å². The molecule has 0 saturated heterocycles. The Labute approximate surface area is 155 Å². The van der Waals surface area contributed by atoms with E-state index in [2.05, 4.69) is 15.6 Å². The SMILES string of the molecule is COc1ccccc1C(=O)Nc1ccc(Nc2ccc3c(c2)OCO3)nc1. The number of nitrogens with one attached hydrogen (secondary N) is 2. The number of hydrogen-bond acceptors (Lipinski definition) is 6. The summed E-state index contributed by atoms with van der Waals surface area (Å²) in [4.78, 5) is 16.7. The van der Waals surface area contributed by atoms with Gasteiger partial charge in [0.1, 0.15) is 11.6 Å². The van der Waals surface area contributed by atoms with E-state index in [-0.39, 0.29) is 12.7 Å². The maximum absolute atomic E-state index is 12.4. The predicted octanol–water partition coefficient (Wildman–Crippen LogP) is 3.81. The molecule has 0 spiro atoms. The van der Waals surface area contributed by atoms with Crippen LogP contribution < -0.4 is 24.8 Å². The fourth-order valence-electron chi connectivity index (χ4n) is 2.69. The molecule has 2 N–H and O–H groups in total. The zero-order valence-corrected chi connectivity index (χ0v) is 14.6. The summed E-state index contributed by atoms with van der Waals surface area (Å²) in [5.74, 6) is 2.32. The van der Waals surface area contributed by atoms with Gasteiger partial charge in [-0.1, -0.05) is 12.1 Å². The molecule has 0 saturated carbocycles. The van der Waals surface area contributed by atoms with E-state index in [0.29, 0.717) is 28.6 Å². The molecular weight excluding hydrogens is 346 g/mol. The van der Waals surface area contributed by atoms with Crippen LogP contribution in [0.3, 0.4) is 0 Å². The third-order valence-electron chi connectivity index (χ3n) is 4.02. The molecule has 4 rings (SSSR count). The van der Waals surface area contributed by atoms with E-state index in [1.807, 2.05) is 24.3 Å². The molecule has 1 amide bonds. The number of rotatable bonds is 5. The summed E-state index contributed by atoms with van der Waals surface area (Å²) in [5.41, 5.74) is 1.88. The summed E-state index contributed by atoms with van der Waals surface area (Å²) in [7, 11) is 1.53. The van der Waals surface area contributed by atoms with Gasteiger partial charge in [0, 0.05) is 11.8 Å². The van der Waals surface area contributed by atoms with Crippen molar-refractivity contribution >= 4 is 23.1 Å². The standard InChI is InChI=1S/C20H17N3O4/c1-25-16-5-3-2-4-15(16)20(24)23-14-7-9-19(21-11-14)22-13-6-8-17-18(10-13)27-12-26-17/h2-11H,12H2,1H3,(H,21,22)(H,23,24). The minimum absolute atomic E-state index is 0.234. The molecule has 136 valence electrons. The van der Waals surface area contributed by atoms with E-state index in [1.54, 1.807) is 36.5 Å². The Balaban J connectivity index is 1.44. The molecule has 0 unspecified atom stereocenters. The Bertz CT molecular complexity index is 973. The van der Waals surface area contributed by atoms with Gasteiger partial charge in [-0.25, -0.2) is 4.98 Å². The summed E-state index contributed by atoms with van der Waals surface area (Å²) >= 11 is 0. The molecular formula is C20H17N3O4. The highest BCUT2D eigenvalue weighted by atomic mass is 16.7. The second-order valence-electron chi connectivity index (χ2n) is 5.78. The maximum atomic E-state index is 12.4. The third-order valence-corrected chi connectivity index (χ3v) is 4.02. The number of pyridine rings is 1. The molecule has 0 radical (unpaired) electrons. The number of methoxy groups -OCH3 is 1. The van der Waals surface area contributed by atoms with Crippen molar-refractivity contribution < 1.29 is 19.0 Å². The smallest absolute Gasteiger partial charge is 0.259 e. The maximum Gasteiger partial charge on any atom is 0.259 e. The predicted molar refractivity (Wildman–Crippen MR) is 101 cm³/mol. The number of carbonyl (C=O) groups is 1. The Morgan fingerprint density at radius 3 is 2.67 bits per heavy atom. The highest BCUT2D eigenvalue weighted by Gasteiger charge is 2.14. The van der Waals surface area contributed by atoms with Crippen molar-refractivity contribution in [2.24, 2.45) is 0 Å². The largest absolute Gasteiger partial charge is 0.496 e. The number of ether oxygens (including phenoxy) is 3. The number of para-hydroxylation sites is 1. The first-order chi connectivity index (χ1) is 13.2. The number of amides is 1. The summed E-state index contributed by atoms with van der Waals surface area (Å²) in [5, 5.41) is 6.00. The van der Waals surface area contributed by atoms with Crippen molar-refractivity contribution in [3.63, 3.8) is 0 Å². The fourth-order valence-corrected chi connectivity index (χ4v) is 2.69. The Hall–Kier alpha value is -3.74. The van der Waals surface area contributed by atoms with E-state index in [1.165, 1.54) is 7.11 Å². The van der Waals surface area contributed by atoms with Crippen LogP contribution in [0, 0.1) is 0 Å². The zero-order valence-electron chi connectivity index (χ0n) is 14.6. The first kappa shape index (κ1) is 16.7. The number of fused-ring (bicyclic) bond motifs is 1. The average molecular weight is 363 g/mol. The van der Waals surface area contributed by atoms with Crippen LogP contribution >= 0.6 is 0 Å². The van der Waals surface area contributed by atoms with Gasteiger partial charge >= 0.3 is 0 Å². The van der Waals surface area contributed by atoms with Gasteiger partial charge in [0.2, 0.25) is 6.79 Å². The summed E-state index contributed by atoms with van der Waals surface area (Å²) in [6, 6.07) is 16.2. The van der Waals surface area contributed by atoms with Crippen LogP contribution in [0.1, 0.15) is 10.4 Å². The van der Waals surface area contributed by atoms with Gasteiger partial charge < -0.3 is 24.8 Å². The molecule has 1 aliphatic rings. The number of nitrogens with zero attached hydrogens (tertiary/aromatic N) is 1. The van der Waals surface area contributed by atoms with Gasteiger partial charge in [0.15, 0.2) is 11.5 Å². The third kappa shape index (κ3) is 3.62. The van der Waals surface area contributed by atoms with Crippen LogP contribution in [0.5, 0.6) is 17.2 Å². The molecule has 1 aromatic heterocycles. The molecule has 7 heteroatoms. The van der Waals surface area contributed by atoms with E-state index < -0.39 is 0 Å². The fraction of sp³-hybridized carbons (Fsp3) is 0.100. The van der Waals surface area contributed by atoms with Gasteiger partial charge in [0.05, 0.1) is 24.6 Å². The van der Waals surface area contributed by atoms with Gasteiger partial charge in [-0.15, -0.1) is 0 Å². The van der Waals surface area contributed by atoms with Crippen LogP contribution in [-0.2, 0) is 0 Å². The monoisotopic (exact) mass is 363 g/mol. The van der Waals surface area contributed by atoms with Crippen LogP contribution in [0.4, 0.5) is 17.2 Å². The lowest BCUT2D eigenvalue weighted by Gasteiger charge is -2.10. The quantitative estimate of drug-likeness (QED) is 0.717. The molecule has 0 bridgehead atoms. The van der Waals surface area contributed by atoms with Gasteiger partial charge in [-0.2, -0.15) is 0 Å². The van der Waals surface area contributed by atoms with Gasteiger partial charge in [0.25, 0.3) is 5.91 Å². The Morgan fingerprint density at radius 1 is 1.04 bits per heavy atom. The lowest BCUT2D eigenvalue weighted by atomic mass is 10.2. The molecule has 27 heavy (non-hydrogen) atoms. The Morgan fingerprint density at radius 2 is 1.85 bits per heavy atom. The topological polar surface area (TPSA) is 81.7 Å². The molecule has 0 atom stereocenters. The highest BCUT2D eigenvalue weighted by molar-refractivity contribution is 6.06. The van der Waals surface area contributed by atoms with Gasteiger partial charge in [-0.3, -0.25) is 4.79 Å². The molecule has 2 heterocycles. The van der Waals surface area contributed by atoms with Crippen molar-refractivity contribution in [2.75, 3.05) is 24.5 Å². The zero-order chi connectivity index (χ0) is 18.6. The highest BCUT2D eigenvalue weighted by Crippen LogP contribution is 2.35. The second kappa shape index (κ2) is 7.25. The first-order valence-electron chi connectivity index (χ1n) is 8.30. The summed E-state index contributed by atoms with van der Waals surface area (Å²) in [6.07, 6.45) is 1.59. The number of hydrogen-bond donors (Lipinski definition) is 2. The molecule has 7 nitrogen and oxygen atoms in total. The molecule has 3 aromatic rings. The molecule has 0 fully saturated rings. The Kier molecular flexibility index (Phi) is 4.49. The van der Waals surface area contributed by atoms with Crippen LogP contribution in [-0.4, -0.2) is 24.8 Å². The average Bonchev–Trinajstić information content (AvgIpc) is 3.17. The lowest BCUT2D eigenvalue weighted by Crippen LogP contribution is -2.13. The molecule has 2 aromatic carbocycles. The number of benzene rings is 2. The van der Waals surface area contributed by atoms with Crippen LogP contribution in [0.15, 0.2) is 60.8 Å². The summed E-state index contributed by atoms with van der Waals surface area (Å²) < 4.78 is 15.9. The van der Waals surface area contributed by atoms with E-state index in [4.69, 9.17) is 14.2 Å². The molecule has 0 aliphatic carbocycles. The van der Waals surface area contributed by atoms with Crippen molar-refractivity contribution in [3.8, 4) is 17.2 Å². The minimum atomic E-state index is -0.259. The number of carbonyl (C=O) groups excluding carboxylic acids is 1. The first-order valence-corrected chi connectivity index (χ1v) is 8.30. The van der Waals surface area contributed by atoms with E-state index in [9.17, 15) is 4.79 Å². The minimum Gasteiger partial charge on any atom is -0.496 e. The number of anilines is 3. The van der Waals surface area contributed by atoms with Crippen molar-refractivity contribution in [1.29, 1.82) is 0 Å². The van der Waals surface area contributed by atoms with Gasteiger partial charge in [-0.05, 0) is 36.4 Å². The number of aromatic nitrogens is 1. The second-order valence-corrected chi connectivity index (χ2v) is 5.78. The molecule has 1 aliphatic heterocycles. The van der Waals surface area contributed by atoms with Crippen LogP contribution in [0.2, 0.25) is 0 Å². The van der Waals surface area contributed by atoms with Crippen molar-refractivity contribution in [1.82, 2.24) is 4.98 Å². The van der Waals surface area contributed by atoms with E-state index in [0.717, 1.165) is 11.4 Å². The van der Waals surface area contributed by atoms with Crippen molar-refractivity contribution in [2.45, 2.75) is 0 Å². The summed E-state index contributed by atoms with van der Waals surface area (Å²) in [6.45, 7) is 0.234. The van der Waals surface area contributed by atoms with Crippen LogP contribution in [0.25, 0.3) is 0 Å². The normalized spacial score (nSPS) is 11.7. The lowest BCUT2D eigenvalue weighted by molar-refractivity contribution is 0.102.